The van der Waals surface area contributed by atoms with Crippen LogP contribution in [0, 0.1) is 5.82 Å². The third-order valence-electron chi connectivity index (χ3n) is 7.39. The average Bonchev–Trinajstić information content (AvgIpc) is 3.52. The monoisotopic (exact) mass is 691 g/mol. The summed E-state index contributed by atoms with van der Waals surface area (Å²) in [5.41, 5.74) is 2.60. The predicted molar refractivity (Wildman–Crippen MR) is 174 cm³/mol. The zero-order chi connectivity index (χ0) is 30.7. The van der Waals surface area contributed by atoms with Crippen LogP contribution in [0.3, 0.4) is 0 Å². The summed E-state index contributed by atoms with van der Waals surface area (Å²) in [6.45, 7) is 0.965. The van der Waals surface area contributed by atoms with E-state index in [2.05, 4.69) is 77.2 Å². The molecule has 6 aromatic rings. The molecule has 0 fully saturated rings. The smallest absolute Gasteiger partial charge is 0.263 e. The SMILES string of the molecule is O=c1[nH]c(Cl)nc2c(F)c(Br)c(Cl)c(OCCNCc3cncn3C(c3ccccc3)(c3ccccc3)c3ccccc3)c12. The number of rotatable bonds is 10. The maximum Gasteiger partial charge on any atom is 0.263 e. The van der Waals surface area contributed by atoms with Gasteiger partial charge in [0.05, 0.1) is 16.5 Å². The number of ether oxygens (including phenoxy) is 1. The third kappa shape index (κ3) is 5.41. The molecule has 0 bridgehead atoms. The lowest BCUT2D eigenvalue weighted by molar-refractivity contribution is 0.315. The Bertz CT molecular complexity index is 1880. The molecule has 11 heteroatoms. The standard InChI is InChI=1S/C33H25BrCl2FN5O2/c34-26-27(35)30(25-29(28(26)37)40-32(36)41-31(25)43)44-17-16-38-18-24-19-39-20-42(24)33(21-10-4-1-5-11-21,22-12-6-2-7-13-22)23-14-8-3-9-15-23/h1-15,19-20,38H,16-18H2,(H,40,41,43). The van der Waals surface area contributed by atoms with Crippen molar-refractivity contribution in [1.82, 2.24) is 24.8 Å². The molecule has 0 aliphatic rings. The molecule has 2 heterocycles. The second-order valence-electron chi connectivity index (χ2n) is 9.94. The van der Waals surface area contributed by atoms with Crippen molar-refractivity contribution in [1.29, 1.82) is 0 Å². The molecule has 0 saturated carbocycles. The Morgan fingerprint density at radius 1 is 0.932 bits per heavy atom. The van der Waals surface area contributed by atoms with Gasteiger partial charge < -0.3 is 14.6 Å². The van der Waals surface area contributed by atoms with Crippen LogP contribution in [-0.4, -0.2) is 32.7 Å². The van der Waals surface area contributed by atoms with E-state index in [1.54, 1.807) is 0 Å². The minimum Gasteiger partial charge on any atom is -0.490 e. The topological polar surface area (TPSA) is 84.8 Å². The number of hydrogen-bond acceptors (Lipinski definition) is 5. The number of aromatic amines is 1. The van der Waals surface area contributed by atoms with Gasteiger partial charge in [0.2, 0.25) is 5.28 Å². The molecule has 0 aliphatic heterocycles. The van der Waals surface area contributed by atoms with E-state index >= 15 is 0 Å². The second kappa shape index (κ2) is 12.9. The van der Waals surface area contributed by atoms with Crippen LogP contribution < -0.4 is 15.6 Å². The first kappa shape index (κ1) is 30.0. The van der Waals surface area contributed by atoms with Crippen LogP contribution in [0.25, 0.3) is 10.9 Å². The molecule has 0 saturated heterocycles. The van der Waals surface area contributed by atoms with E-state index in [-0.39, 0.29) is 38.0 Å². The molecular formula is C33H25BrCl2FN5O2. The van der Waals surface area contributed by atoms with Crippen molar-refractivity contribution in [2.75, 3.05) is 13.2 Å². The Labute approximate surface area is 270 Å². The molecule has 2 aromatic heterocycles. The predicted octanol–water partition coefficient (Wildman–Crippen LogP) is 7.34. The fourth-order valence-electron chi connectivity index (χ4n) is 5.51. The number of halogens is 4. The van der Waals surface area contributed by atoms with Crippen molar-refractivity contribution >= 4 is 50.0 Å². The van der Waals surface area contributed by atoms with E-state index < -0.39 is 16.9 Å². The largest absolute Gasteiger partial charge is 0.490 e. The zero-order valence-electron chi connectivity index (χ0n) is 23.1. The van der Waals surface area contributed by atoms with Crippen molar-refractivity contribution in [3.63, 3.8) is 0 Å². The summed E-state index contributed by atoms with van der Waals surface area (Å²) < 4.78 is 22.9. The summed E-state index contributed by atoms with van der Waals surface area (Å²) in [4.78, 5) is 23.5. The van der Waals surface area contributed by atoms with Crippen LogP contribution >= 0.6 is 39.1 Å². The number of benzene rings is 4. The van der Waals surface area contributed by atoms with Crippen LogP contribution in [0.2, 0.25) is 10.3 Å². The highest BCUT2D eigenvalue weighted by atomic mass is 79.9. The molecule has 0 amide bonds. The molecule has 222 valence electrons. The van der Waals surface area contributed by atoms with Gasteiger partial charge in [0, 0.05) is 19.3 Å². The second-order valence-corrected chi connectivity index (χ2v) is 11.5. The molecule has 0 spiro atoms. The summed E-state index contributed by atoms with van der Waals surface area (Å²) in [7, 11) is 0. The highest BCUT2D eigenvalue weighted by Crippen LogP contribution is 2.42. The quantitative estimate of drug-likeness (QED) is 0.0680. The van der Waals surface area contributed by atoms with Gasteiger partial charge in [-0.25, -0.2) is 14.4 Å². The van der Waals surface area contributed by atoms with E-state index in [1.165, 1.54) is 0 Å². The van der Waals surface area contributed by atoms with E-state index in [0.717, 1.165) is 22.4 Å². The number of imidazole rings is 1. The lowest BCUT2D eigenvalue weighted by Gasteiger charge is -2.38. The minimum absolute atomic E-state index is 0.0171. The van der Waals surface area contributed by atoms with Crippen molar-refractivity contribution in [2.24, 2.45) is 0 Å². The van der Waals surface area contributed by atoms with Crippen molar-refractivity contribution in [2.45, 2.75) is 12.1 Å². The van der Waals surface area contributed by atoms with Gasteiger partial charge in [-0.2, -0.15) is 0 Å². The Balaban J connectivity index is 1.30. The molecule has 2 N–H and O–H groups in total. The first-order chi connectivity index (χ1) is 21.4. The number of fused-ring (bicyclic) bond motifs is 1. The summed E-state index contributed by atoms with van der Waals surface area (Å²) in [6, 6.07) is 31.0. The number of hydrogen-bond donors (Lipinski definition) is 2. The maximum atomic E-state index is 14.8. The molecule has 0 aliphatic carbocycles. The van der Waals surface area contributed by atoms with Crippen LogP contribution in [-0.2, 0) is 12.1 Å². The molecule has 0 unspecified atom stereocenters. The summed E-state index contributed by atoms with van der Waals surface area (Å²) >= 11 is 15.4. The normalized spacial score (nSPS) is 11.6. The highest BCUT2D eigenvalue weighted by molar-refractivity contribution is 9.10. The van der Waals surface area contributed by atoms with Gasteiger partial charge in [0.25, 0.3) is 5.56 Å². The average molecular weight is 693 g/mol. The molecular weight excluding hydrogens is 668 g/mol. The molecule has 0 atom stereocenters. The minimum atomic E-state index is -0.796. The Kier molecular flexibility index (Phi) is 8.81. The molecule has 4 aromatic carbocycles. The van der Waals surface area contributed by atoms with Crippen LogP contribution in [0.4, 0.5) is 4.39 Å². The Morgan fingerprint density at radius 2 is 1.50 bits per heavy atom. The van der Waals surface area contributed by atoms with E-state index in [4.69, 9.17) is 27.9 Å². The van der Waals surface area contributed by atoms with E-state index in [9.17, 15) is 9.18 Å². The van der Waals surface area contributed by atoms with Crippen LogP contribution in [0.15, 0.2) is 113 Å². The number of nitrogens with zero attached hydrogens (tertiary/aromatic N) is 3. The van der Waals surface area contributed by atoms with Gasteiger partial charge in [-0.1, -0.05) is 103 Å². The fraction of sp³-hybridized carbons (Fsp3) is 0.121. The van der Waals surface area contributed by atoms with Gasteiger partial charge in [-0.3, -0.25) is 9.78 Å². The highest BCUT2D eigenvalue weighted by Gasteiger charge is 2.39. The Hall–Kier alpha value is -4.02. The maximum absolute atomic E-state index is 14.8. The number of aromatic nitrogens is 4. The molecule has 0 radical (unpaired) electrons. The first-order valence-corrected chi connectivity index (χ1v) is 15.3. The lowest BCUT2D eigenvalue weighted by Crippen LogP contribution is -2.39. The van der Waals surface area contributed by atoms with Crippen molar-refractivity contribution in [3.05, 3.63) is 157 Å². The lowest BCUT2D eigenvalue weighted by atomic mass is 9.76. The summed E-state index contributed by atoms with van der Waals surface area (Å²) in [5, 5.41) is 2.98. The molecule has 7 nitrogen and oxygen atoms in total. The third-order valence-corrected chi connectivity index (χ3v) is 8.91. The molecule has 6 rings (SSSR count). The number of nitrogens with one attached hydrogen (secondary N) is 2. The summed E-state index contributed by atoms with van der Waals surface area (Å²) in [5.74, 6) is -0.779. The van der Waals surface area contributed by atoms with Gasteiger partial charge in [0.15, 0.2) is 11.6 Å². The van der Waals surface area contributed by atoms with E-state index in [1.807, 2.05) is 67.1 Å². The van der Waals surface area contributed by atoms with Crippen LogP contribution in [0.1, 0.15) is 22.4 Å². The fourth-order valence-corrected chi connectivity index (χ4v) is 6.28. The zero-order valence-corrected chi connectivity index (χ0v) is 26.2. The molecule has 44 heavy (non-hydrogen) atoms. The summed E-state index contributed by atoms with van der Waals surface area (Å²) in [6.07, 6.45) is 3.70. The number of H-pyrrole nitrogens is 1. The van der Waals surface area contributed by atoms with Gasteiger partial charge in [-0.05, 0) is 44.2 Å². The van der Waals surface area contributed by atoms with E-state index in [0.29, 0.717) is 13.1 Å². The van der Waals surface area contributed by atoms with Crippen molar-refractivity contribution < 1.29 is 9.13 Å². The van der Waals surface area contributed by atoms with Gasteiger partial charge >= 0.3 is 0 Å². The Morgan fingerprint density at radius 3 is 2.07 bits per heavy atom. The van der Waals surface area contributed by atoms with Gasteiger partial charge in [0.1, 0.15) is 28.1 Å². The van der Waals surface area contributed by atoms with Gasteiger partial charge in [-0.15, -0.1) is 0 Å². The van der Waals surface area contributed by atoms with Crippen LogP contribution in [0.5, 0.6) is 5.75 Å². The first-order valence-electron chi connectivity index (χ1n) is 13.7. The van der Waals surface area contributed by atoms with Crippen molar-refractivity contribution in [3.8, 4) is 5.75 Å².